The molecule has 4 nitrogen and oxygen atoms in total. The van der Waals surface area contributed by atoms with Crippen LogP contribution in [0.4, 0.5) is 0 Å². The van der Waals surface area contributed by atoms with Crippen LogP contribution in [0.5, 0.6) is 0 Å². The molecule has 0 saturated heterocycles. The second-order valence-electron chi connectivity index (χ2n) is 6.27. The Morgan fingerprint density at radius 2 is 1.68 bits per heavy atom. The largest absolute Gasteiger partial charge is 0.507 e. The van der Waals surface area contributed by atoms with Gasteiger partial charge in [-0.3, -0.25) is 0 Å². The van der Waals surface area contributed by atoms with E-state index in [2.05, 4.69) is 24.4 Å². The molecule has 2 atom stereocenters. The predicted molar refractivity (Wildman–Crippen MR) is 99.6 cm³/mol. The van der Waals surface area contributed by atoms with E-state index in [4.69, 9.17) is 0 Å². The van der Waals surface area contributed by atoms with Crippen molar-refractivity contribution >= 4 is 0 Å². The molecular formula is C21H24N2O2. The highest BCUT2D eigenvalue weighted by Gasteiger charge is 2.23. The summed E-state index contributed by atoms with van der Waals surface area (Å²) in [4.78, 5) is 1.72. The average molecular weight is 336 g/mol. The highest BCUT2D eigenvalue weighted by atomic mass is 16.3. The van der Waals surface area contributed by atoms with Crippen LogP contribution in [0.25, 0.3) is 0 Å². The molecule has 2 unspecified atom stereocenters. The minimum Gasteiger partial charge on any atom is -0.507 e. The molecule has 130 valence electrons. The van der Waals surface area contributed by atoms with Gasteiger partial charge in [0.05, 0.1) is 0 Å². The Labute approximate surface area is 148 Å². The molecule has 0 amide bonds. The number of aliphatic hydroxyl groups is 2. The van der Waals surface area contributed by atoms with Crippen molar-refractivity contribution < 1.29 is 10.2 Å². The molecule has 2 aromatic rings. The second kappa shape index (κ2) is 8.01. The summed E-state index contributed by atoms with van der Waals surface area (Å²) < 4.78 is 0. The van der Waals surface area contributed by atoms with Gasteiger partial charge in [-0.05, 0) is 24.1 Å². The lowest BCUT2D eigenvalue weighted by Gasteiger charge is -2.30. The van der Waals surface area contributed by atoms with Crippen molar-refractivity contribution in [1.82, 2.24) is 10.2 Å². The van der Waals surface area contributed by atoms with Crippen LogP contribution in [0.1, 0.15) is 24.1 Å². The fourth-order valence-corrected chi connectivity index (χ4v) is 2.88. The summed E-state index contributed by atoms with van der Waals surface area (Å²) in [5, 5.41) is 24.1. The van der Waals surface area contributed by atoms with Crippen molar-refractivity contribution in [3.05, 3.63) is 95.4 Å². The Morgan fingerprint density at radius 3 is 2.36 bits per heavy atom. The van der Waals surface area contributed by atoms with Gasteiger partial charge in [0.15, 0.2) is 6.23 Å². The summed E-state index contributed by atoms with van der Waals surface area (Å²) in [7, 11) is 0. The molecule has 1 aliphatic rings. The fraction of sp³-hybridized carbons (Fsp3) is 0.238. The zero-order chi connectivity index (χ0) is 17.6. The third-order valence-electron chi connectivity index (χ3n) is 4.46. The molecule has 0 radical (unpaired) electrons. The highest BCUT2D eigenvalue weighted by molar-refractivity contribution is 5.30. The molecule has 0 saturated carbocycles. The maximum Gasteiger partial charge on any atom is 0.185 e. The predicted octanol–water partition coefficient (Wildman–Crippen LogP) is 3.50. The summed E-state index contributed by atoms with van der Waals surface area (Å²) >= 11 is 0. The van der Waals surface area contributed by atoms with Crippen molar-refractivity contribution in [2.45, 2.75) is 25.7 Å². The first-order chi connectivity index (χ1) is 12.1. The number of aliphatic hydroxyl groups excluding tert-OH is 2. The van der Waals surface area contributed by atoms with E-state index in [0.29, 0.717) is 18.7 Å². The van der Waals surface area contributed by atoms with Gasteiger partial charge in [-0.1, -0.05) is 60.7 Å². The lowest BCUT2D eigenvalue weighted by molar-refractivity contribution is 0.0247. The number of rotatable bonds is 6. The summed E-state index contributed by atoms with van der Waals surface area (Å²) in [6, 6.07) is 20.2. The van der Waals surface area contributed by atoms with Crippen LogP contribution in [0.2, 0.25) is 0 Å². The summed E-state index contributed by atoms with van der Waals surface area (Å²) in [6.45, 7) is 3.12. The van der Waals surface area contributed by atoms with Crippen LogP contribution in [0.15, 0.2) is 84.3 Å². The van der Waals surface area contributed by atoms with Gasteiger partial charge in [-0.15, -0.1) is 0 Å². The van der Waals surface area contributed by atoms with Gasteiger partial charge in [0.25, 0.3) is 0 Å². The van der Waals surface area contributed by atoms with Gasteiger partial charge in [0.1, 0.15) is 5.76 Å². The van der Waals surface area contributed by atoms with E-state index < -0.39 is 6.23 Å². The number of nitrogens with zero attached hydrogens (tertiary/aromatic N) is 1. The van der Waals surface area contributed by atoms with E-state index in [1.165, 1.54) is 5.56 Å². The van der Waals surface area contributed by atoms with E-state index in [0.717, 1.165) is 5.56 Å². The van der Waals surface area contributed by atoms with Crippen LogP contribution < -0.4 is 5.32 Å². The molecule has 0 spiro atoms. The third kappa shape index (κ3) is 4.29. The van der Waals surface area contributed by atoms with Crippen molar-refractivity contribution in [2.24, 2.45) is 0 Å². The number of hydrogen-bond donors (Lipinski definition) is 3. The van der Waals surface area contributed by atoms with Crippen LogP contribution in [-0.4, -0.2) is 27.9 Å². The van der Waals surface area contributed by atoms with E-state index in [1.54, 1.807) is 4.90 Å². The molecule has 0 aromatic heterocycles. The molecule has 4 heteroatoms. The average Bonchev–Trinajstić information content (AvgIpc) is 2.66. The molecule has 3 N–H and O–H groups in total. The summed E-state index contributed by atoms with van der Waals surface area (Å²) in [6.07, 6.45) is 2.67. The number of benzene rings is 2. The van der Waals surface area contributed by atoms with Crippen molar-refractivity contribution in [3.63, 3.8) is 0 Å². The standard InChI is InChI=1S/C21H24N2O2/c1-16(18-10-6-3-7-11-18)22-14-19-12-13-23(21(25)20(19)24)15-17-8-4-2-5-9-17/h2-13,16,21-22,24-25H,14-15H2,1H3. The summed E-state index contributed by atoms with van der Waals surface area (Å²) in [5.41, 5.74) is 2.98. The first-order valence-electron chi connectivity index (χ1n) is 8.51. The zero-order valence-electron chi connectivity index (χ0n) is 14.3. The topological polar surface area (TPSA) is 55.7 Å². The Balaban J connectivity index is 1.61. The van der Waals surface area contributed by atoms with Crippen LogP contribution in [0.3, 0.4) is 0 Å². The smallest absolute Gasteiger partial charge is 0.185 e. The van der Waals surface area contributed by atoms with E-state index in [-0.39, 0.29) is 11.8 Å². The van der Waals surface area contributed by atoms with E-state index in [1.807, 2.05) is 60.8 Å². The van der Waals surface area contributed by atoms with Crippen molar-refractivity contribution in [1.29, 1.82) is 0 Å². The molecule has 0 bridgehead atoms. The number of nitrogens with one attached hydrogen (secondary N) is 1. The van der Waals surface area contributed by atoms with Gasteiger partial charge in [0.2, 0.25) is 0 Å². The SMILES string of the molecule is CC(NCC1=C(O)C(O)N(Cc2ccccc2)C=C1)c1ccccc1. The van der Waals surface area contributed by atoms with Gasteiger partial charge >= 0.3 is 0 Å². The fourth-order valence-electron chi connectivity index (χ4n) is 2.88. The van der Waals surface area contributed by atoms with E-state index >= 15 is 0 Å². The van der Waals surface area contributed by atoms with Gasteiger partial charge in [-0.2, -0.15) is 0 Å². The highest BCUT2D eigenvalue weighted by Crippen LogP contribution is 2.21. The van der Waals surface area contributed by atoms with Crippen LogP contribution in [0, 0.1) is 0 Å². The third-order valence-corrected chi connectivity index (χ3v) is 4.46. The van der Waals surface area contributed by atoms with E-state index in [9.17, 15) is 10.2 Å². The molecule has 0 fully saturated rings. The van der Waals surface area contributed by atoms with Crippen molar-refractivity contribution in [3.8, 4) is 0 Å². The van der Waals surface area contributed by atoms with Crippen molar-refractivity contribution in [2.75, 3.05) is 6.54 Å². The second-order valence-corrected chi connectivity index (χ2v) is 6.27. The zero-order valence-corrected chi connectivity index (χ0v) is 14.3. The Hall–Kier alpha value is -2.56. The molecule has 2 aromatic carbocycles. The molecule has 1 heterocycles. The Bertz CT molecular complexity index is 741. The Kier molecular flexibility index (Phi) is 5.53. The normalized spacial score (nSPS) is 18.5. The maximum atomic E-state index is 10.4. The quantitative estimate of drug-likeness (QED) is 0.756. The lowest BCUT2D eigenvalue weighted by atomic mass is 10.1. The molecule has 3 rings (SSSR count). The lowest BCUT2D eigenvalue weighted by Crippen LogP contribution is -2.36. The van der Waals surface area contributed by atoms with Gasteiger partial charge in [-0.25, -0.2) is 0 Å². The van der Waals surface area contributed by atoms with Crippen LogP contribution >= 0.6 is 0 Å². The molecule has 0 aliphatic carbocycles. The minimum absolute atomic E-state index is 0.00573. The first kappa shape index (κ1) is 17.3. The van der Waals surface area contributed by atoms with Gasteiger partial charge < -0.3 is 20.4 Å². The molecule has 25 heavy (non-hydrogen) atoms. The Morgan fingerprint density at radius 1 is 1.04 bits per heavy atom. The van der Waals surface area contributed by atoms with Crippen LogP contribution in [-0.2, 0) is 6.54 Å². The molecular weight excluding hydrogens is 312 g/mol. The monoisotopic (exact) mass is 336 g/mol. The van der Waals surface area contributed by atoms with Gasteiger partial charge in [0, 0.05) is 30.9 Å². The minimum atomic E-state index is -1.02. The maximum absolute atomic E-state index is 10.4. The molecule has 1 aliphatic heterocycles. The number of hydrogen-bond acceptors (Lipinski definition) is 4. The summed E-state index contributed by atoms with van der Waals surface area (Å²) in [5.74, 6) is 0.00573. The first-order valence-corrected chi connectivity index (χ1v) is 8.51.